The molecule has 0 spiro atoms. The smallest absolute Gasteiger partial charge is 1.00 e. The van der Waals surface area contributed by atoms with Gasteiger partial charge in [0.25, 0.3) is 5.91 Å². The van der Waals surface area contributed by atoms with Crippen LogP contribution in [-0.2, 0) is 15.6 Å². The standard InChI is InChI=1S/C45H50N4O.ClH.F6P/c1-44(2)39(48(5)37-25-23-33-16-8-10-18-35(33)42(37)44)27-21-31-14-13-15-32(30-31)22-28-40-45(3,4)43-36-19-11-9-17-34(36)24-26-38(43)49(40)29-12-6-7-20-41(50)47-46;;1-7(2,3,4,5)6/h8-11,16-19,21-28,30H,6-7,12-15,20,29,46H2,1-5H3;1H;/q;;-1/p+1. The Labute approximate surface area is 342 Å². The number of unbranched alkanes of at least 4 members (excludes halogenated alkanes) is 2. The number of amides is 1. The Bertz CT molecular complexity index is 2390. The number of allylic oxidation sites excluding steroid dienone is 8. The van der Waals surface area contributed by atoms with E-state index in [1.165, 1.54) is 66.6 Å². The summed E-state index contributed by atoms with van der Waals surface area (Å²) in [6.45, 7) is 10.4. The maximum atomic E-state index is 11.7. The summed E-state index contributed by atoms with van der Waals surface area (Å²) in [6.07, 6.45) is 18.7. The minimum absolute atomic E-state index is 0. The second kappa shape index (κ2) is 16.0. The van der Waals surface area contributed by atoms with Crippen molar-refractivity contribution >= 4 is 52.3 Å². The molecule has 0 atom stereocenters. The summed E-state index contributed by atoms with van der Waals surface area (Å²) in [5.74, 6) is 3.53. The van der Waals surface area contributed by atoms with Crippen LogP contribution in [0.1, 0.15) is 83.8 Å². The number of hydrogen-bond acceptors (Lipinski definition) is 2. The van der Waals surface area contributed by atoms with E-state index in [4.69, 9.17) is 0 Å². The number of fused-ring (bicyclic) bond motifs is 6. The van der Waals surface area contributed by atoms with Crippen molar-refractivity contribution in [3.8, 4) is 0 Å². The van der Waals surface area contributed by atoms with Gasteiger partial charge in [-0.2, -0.15) is 4.58 Å². The molecule has 0 aromatic heterocycles. The molecule has 0 radical (unpaired) electrons. The second-order valence-electron chi connectivity index (χ2n) is 16.3. The minimum atomic E-state index is -10.7. The molecule has 0 saturated carbocycles. The number of nitrogens with zero attached hydrogens (tertiary/aromatic N) is 2. The van der Waals surface area contributed by atoms with Gasteiger partial charge < -0.3 is 17.3 Å². The molecule has 1 aliphatic carbocycles. The van der Waals surface area contributed by atoms with E-state index in [2.05, 4.69) is 159 Å². The van der Waals surface area contributed by atoms with Gasteiger partial charge in [0.2, 0.25) is 5.69 Å². The summed E-state index contributed by atoms with van der Waals surface area (Å²) in [4.78, 5) is 14.3. The van der Waals surface area contributed by atoms with Gasteiger partial charge in [0.05, 0.1) is 5.41 Å². The number of rotatable bonds is 9. The van der Waals surface area contributed by atoms with Gasteiger partial charge >= 0.3 is 33.0 Å². The molecular weight excluding hydrogens is 793 g/mol. The van der Waals surface area contributed by atoms with Gasteiger partial charge in [0, 0.05) is 47.5 Å². The minimum Gasteiger partial charge on any atom is -1.00 e. The molecule has 5 nitrogen and oxygen atoms in total. The van der Waals surface area contributed by atoms with E-state index in [0.29, 0.717) is 6.42 Å². The Hall–Kier alpha value is -4.44. The number of nitrogens with one attached hydrogen (secondary N) is 1. The molecule has 13 heteroatoms. The van der Waals surface area contributed by atoms with Crippen molar-refractivity contribution in [3.05, 3.63) is 131 Å². The predicted octanol–water partition coefficient (Wildman–Crippen LogP) is 9.49. The number of halogens is 7. The first-order valence-electron chi connectivity index (χ1n) is 19.4. The number of carbonyl (C=O) groups excluding carboxylic acids is 1. The molecule has 7 rings (SSSR count). The van der Waals surface area contributed by atoms with E-state index < -0.39 is 7.81 Å². The molecular formula is C45H52ClF6N4OP. The van der Waals surface area contributed by atoms with Crippen molar-refractivity contribution in [2.24, 2.45) is 0 Å². The van der Waals surface area contributed by atoms with Gasteiger partial charge in [-0.15, -0.1) is 0 Å². The van der Waals surface area contributed by atoms with Crippen LogP contribution in [0.4, 0.5) is 36.6 Å². The zero-order valence-electron chi connectivity index (χ0n) is 33.6. The van der Waals surface area contributed by atoms with E-state index in [1.54, 1.807) is 0 Å². The monoisotopic (exact) mass is 844 g/mol. The molecule has 0 fully saturated rings. The molecule has 4 aromatic carbocycles. The van der Waals surface area contributed by atoms with E-state index in [0.717, 1.165) is 45.1 Å². The summed E-state index contributed by atoms with van der Waals surface area (Å²) in [6, 6.07) is 26.7. The summed E-state index contributed by atoms with van der Waals surface area (Å²) in [7, 11) is -8.44. The molecule has 1 amide bonds. The third kappa shape index (κ3) is 10.2. The van der Waals surface area contributed by atoms with Crippen LogP contribution in [0.25, 0.3) is 21.5 Å². The quantitative estimate of drug-likeness (QED) is 0.0580. The topological polar surface area (TPSA) is 63.0 Å². The SMILES string of the molecule is C[N+]1=C(/C=C/C2=CC(=C/C=C3/N(CCCCCC(=O)N[NH3+])c4ccc5ccccc5c4C3(C)C)/CCC2)C(C)(C)c2c1ccc1ccccc21.F[P-](F)(F)(F)(F)F.[Cl-]. The van der Waals surface area contributed by atoms with Crippen molar-refractivity contribution in [1.82, 2.24) is 5.43 Å². The summed E-state index contributed by atoms with van der Waals surface area (Å²) < 4.78 is 61.6. The molecule has 3 aliphatic rings. The molecule has 0 unspecified atom stereocenters. The van der Waals surface area contributed by atoms with Crippen molar-refractivity contribution < 1.29 is 52.8 Å². The number of hydrogen-bond donors (Lipinski definition) is 2. The molecule has 4 aromatic rings. The molecule has 0 saturated heterocycles. The first-order valence-corrected chi connectivity index (χ1v) is 21.4. The average Bonchev–Trinajstić information content (AvgIpc) is 3.48. The maximum Gasteiger partial charge on any atom is -1.00 e. The van der Waals surface area contributed by atoms with Crippen LogP contribution < -0.4 is 28.6 Å². The summed E-state index contributed by atoms with van der Waals surface area (Å²) in [5.41, 5.74) is 13.2. The number of quaternary nitrogens is 1. The van der Waals surface area contributed by atoms with Gasteiger partial charge in [0.1, 0.15) is 7.05 Å². The Balaban J connectivity index is 0.000000735. The third-order valence-corrected chi connectivity index (χ3v) is 11.3. The molecule has 312 valence electrons. The average molecular weight is 845 g/mol. The van der Waals surface area contributed by atoms with Crippen molar-refractivity contribution in [3.63, 3.8) is 0 Å². The molecule has 2 heterocycles. The molecule has 4 N–H and O–H groups in total. The predicted molar refractivity (Wildman–Crippen MR) is 222 cm³/mol. The van der Waals surface area contributed by atoms with E-state index in [-0.39, 0.29) is 29.1 Å². The largest absolute Gasteiger partial charge is 1.00 e. The van der Waals surface area contributed by atoms with Gasteiger partial charge in [-0.05, 0) is 102 Å². The number of carbonyl (C=O) groups is 1. The van der Waals surface area contributed by atoms with Crippen molar-refractivity contribution in [2.45, 2.75) is 83.5 Å². The fourth-order valence-electron chi connectivity index (χ4n) is 8.80. The van der Waals surface area contributed by atoms with Crippen LogP contribution in [0.5, 0.6) is 0 Å². The van der Waals surface area contributed by atoms with Crippen LogP contribution in [-0.4, -0.2) is 29.8 Å². The molecule has 0 bridgehead atoms. The van der Waals surface area contributed by atoms with Crippen LogP contribution in [0.3, 0.4) is 0 Å². The Kier molecular flexibility index (Phi) is 12.3. The van der Waals surface area contributed by atoms with Crippen LogP contribution in [0.2, 0.25) is 0 Å². The Morgan fingerprint density at radius 1 is 0.793 bits per heavy atom. The van der Waals surface area contributed by atoms with Gasteiger partial charge in [-0.3, -0.25) is 10.6 Å². The Morgan fingerprint density at radius 2 is 1.40 bits per heavy atom. The fraction of sp³-hybridized carbons (Fsp3) is 0.333. The summed E-state index contributed by atoms with van der Waals surface area (Å²) in [5, 5.41) is 5.27. The molecule has 58 heavy (non-hydrogen) atoms. The van der Waals surface area contributed by atoms with E-state index >= 15 is 0 Å². The van der Waals surface area contributed by atoms with Crippen molar-refractivity contribution in [1.29, 1.82) is 0 Å². The van der Waals surface area contributed by atoms with Crippen LogP contribution in [0.15, 0.2) is 120 Å². The summed E-state index contributed by atoms with van der Waals surface area (Å²) >= 11 is 0. The van der Waals surface area contributed by atoms with E-state index in [9.17, 15) is 30.0 Å². The maximum absolute atomic E-state index is 11.7. The zero-order chi connectivity index (χ0) is 41.5. The second-order valence-corrected chi connectivity index (χ2v) is 18.2. The van der Waals surface area contributed by atoms with Gasteiger partial charge in [-0.1, -0.05) is 93.1 Å². The fourth-order valence-corrected chi connectivity index (χ4v) is 8.80. The molecule has 2 aliphatic heterocycles. The van der Waals surface area contributed by atoms with E-state index in [1.807, 2.05) is 0 Å². The number of benzene rings is 4. The first kappa shape index (κ1) is 44.7. The zero-order valence-corrected chi connectivity index (χ0v) is 35.2. The Morgan fingerprint density at radius 3 is 2.03 bits per heavy atom. The first-order chi connectivity index (χ1) is 26.6. The van der Waals surface area contributed by atoms with Crippen molar-refractivity contribution in [2.75, 3.05) is 18.5 Å². The van der Waals surface area contributed by atoms with Gasteiger partial charge in [0.15, 0.2) is 5.71 Å². The van der Waals surface area contributed by atoms with Crippen LogP contribution in [0, 0.1) is 0 Å². The third-order valence-electron chi connectivity index (χ3n) is 11.3. The van der Waals surface area contributed by atoms with Crippen LogP contribution >= 0.6 is 7.81 Å². The normalized spacial score (nSPS) is 19.7. The number of anilines is 1. The van der Waals surface area contributed by atoms with Gasteiger partial charge in [-0.25, -0.2) is 5.43 Å².